The summed E-state index contributed by atoms with van der Waals surface area (Å²) in [5.41, 5.74) is 12.6. The van der Waals surface area contributed by atoms with Crippen LogP contribution in [0.15, 0.2) is 36.5 Å². The Balaban J connectivity index is 2.46. The largest absolute Gasteiger partial charge is 0.389 e. The molecule has 0 saturated carbocycles. The second-order valence-corrected chi connectivity index (χ2v) is 3.66. The molecular weight excluding hydrogens is 220 g/mol. The molecule has 1 aromatic heterocycles. The maximum absolute atomic E-state index is 5.74. The van der Waals surface area contributed by atoms with Crippen molar-refractivity contribution in [2.45, 2.75) is 0 Å². The Kier molecular flexibility index (Phi) is 2.78. The second kappa shape index (κ2) is 4.24. The fraction of sp³-hybridized carbons (Fsp3) is 0. The van der Waals surface area contributed by atoms with E-state index in [1.807, 2.05) is 30.3 Å². The smallest absolute Gasteiger partial charge is 0.161 e. The minimum absolute atomic E-state index is 0.206. The highest BCUT2D eigenvalue weighted by Gasteiger charge is 2.07. The van der Waals surface area contributed by atoms with E-state index >= 15 is 0 Å². The van der Waals surface area contributed by atoms with Crippen molar-refractivity contribution in [3.63, 3.8) is 0 Å². The van der Waals surface area contributed by atoms with Gasteiger partial charge in [0.2, 0.25) is 0 Å². The van der Waals surface area contributed by atoms with Crippen molar-refractivity contribution >= 4 is 23.0 Å². The summed E-state index contributed by atoms with van der Waals surface area (Å²) >= 11 is 4.83. The van der Waals surface area contributed by atoms with E-state index in [2.05, 4.69) is 9.97 Å². The number of nitrogens with zero attached hydrogens (tertiary/aromatic N) is 2. The monoisotopic (exact) mass is 230 g/mol. The maximum Gasteiger partial charge on any atom is 0.161 e. The van der Waals surface area contributed by atoms with Gasteiger partial charge in [-0.1, -0.05) is 42.5 Å². The molecule has 2 rings (SSSR count). The second-order valence-electron chi connectivity index (χ2n) is 3.22. The van der Waals surface area contributed by atoms with Gasteiger partial charge in [0, 0.05) is 11.8 Å². The van der Waals surface area contributed by atoms with Crippen LogP contribution in [-0.4, -0.2) is 15.0 Å². The predicted octanol–water partition coefficient (Wildman–Crippen LogP) is 1.36. The van der Waals surface area contributed by atoms with Crippen LogP contribution < -0.4 is 11.5 Å². The summed E-state index contributed by atoms with van der Waals surface area (Å²) in [4.78, 5) is 8.54. The van der Waals surface area contributed by atoms with E-state index < -0.39 is 0 Å². The molecule has 0 bridgehead atoms. The lowest BCUT2D eigenvalue weighted by Crippen LogP contribution is -2.14. The average molecular weight is 230 g/mol. The van der Waals surface area contributed by atoms with E-state index in [1.165, 1.54) is 0 Å². The molecule has 1 heterocycles. The highest BCUT2D eigenvalue weighted by Crippen LogP contribution is 2.16. The summed E-state index contributed by atoms with van der Waals surface area (Å²) in [5.74, 6) is 0.874. The van der Waals surface area contributed by atoms with Crippen LogP contribution in [-0.2, 0) is 0 Å². The number of hydrogen-bond donors (Lipinski definition) is 2. The van der Waals surface area contributed by atoms with Gasteiger partial charge >= 0.3 is 0 Å². The van der Waals surface area contributed by atoms with E-state index in [1.54, 1.807) is 6.20 Å². The van der Waals surface area contributed by atoms with Crippen molar-refractivity contribution in [2.24, 2.45) is 5.73 Å². The molecule has 0 atom stereocenters. The number of rotatable bonds is 2. The van der Waals surface area contributed by atoms with Crippen LogP contribution in [0.3, 0.4) is 0 Å². The molecule has 0 amide bonds. The number of hydrogen-bond acceptors (Lipinski definition) is 4. The molecular formula is C11H10N4S. The van der Waals surface area contributed by atoms with Gasteiger partial charge in [-0.15, -0.1) is 0 Å². The third kappa shape index (κ3) is 1.99. The van der Waals surface area contributed by atoms with Crippen molar-refractivity contribution in [3.05, 3.63) is 42.1 Å². The number of anilines is 1. The van der Waals surface area contributed by atoms with E-state index in [9.17, 15) is 0 Å². The first kappa shape index (κ1) is 10.5. The Morgan fingerprint density at radius 2 is 1.88 bits per heavy atom. The van der Waals surface area contributed by atoms with E-state index in [0.717, 1.165) is 5.56 Å². The molecule has 2 aromatic rings. The minimum Gasteiger partial charge on any atom is -0.389 e. The Bertz CT molecular complexity index is 525. The lowest BCUT2D eigenvalue weighted by atomic mass is 10.2. The average Bonchev–Trinajstić information content (AvgIpc) is 2.29. The summed E-state index contributed by atoms with van der Waals surface area (Å²) in [6, 6.07) is 9.58. The van der Waals surface area contributed by atoms with Crippen LogP contribution in [0.5, 0.6) is 0 Å². The highest BCUT2D eigenvalue weighted by atomic mass is 32.1. The summed E-state index contributed by atoms with van der Waals surface area (Å²) in [6.07, 6.45) is 1.55. The van der Waals surface area contributed by atoms with Gasteiger partial charge in [-0.25, -0.2) is 9.97 Å². The van der Waals surface area contributed by atoms with Gasteiger partial charge in [-0.2, -0.15) is 0 Å². The zero-order valence-electron chi connectivity index (χ0n) is 8.42. The predicted molar refractivity (Wildman–Crippen MR) is 67.8 cm³/mol. The molecule has 0 spiro atoms. The van der Waals surface area contributed by atoms with Gasteiger partial charge < -0.3 is 11.5 Å². The number of benzene rings is 1. The summed E-state index contributed by atoms with van der Waals surface area (Å²) in [6.45, 7) is 0. The topological polar surface area (TPSA) is 77.8 Å². The van der Waals surface area contributed by atoms with E-state index in [-0.39, 0.29) is 4.99 Å². The van der Waals surface area contributed by atoms with Crippen LogP contribution in [0, 0.1) is 0 Å². The lowest BCUT2D eigenvalue weighted by molar-refractivity contribution is 1.18. The zero-order valence-corrected chi connectivity index (χ0v) is 9.24. The standard InChI is InChI=1S/C11H10N4S/c12-9-8(10(13)16)6-14-11(15-9)7-4-2-1-3-5-7/h1-6H,(H2,13,16)(H2,12,14,15). The molecule has 4 nitrogen and oxygen atoms in total. The number of nitrogens with two attached hydrogens (primary N) is 2. The molecule has 0 radical (unpaired) electrons. The number of aromatic nitrogens is 2. The van der Waals surface area contributed by atoms with Crippen LogP contribution in [0.4, 0.5) is 5.82 Å². The van der Waals surface area contributed by atoms with E-state index in [4.69, 9.17) is 23.7 Å². The summed E-state index contributed by atoms with van der Waals surface area (Å²) in [7, 11) is 0. The molecule has 0 fully saturated rings. The fourth-order valence-corrected chi connectivity index (χ4v) is 1.47. The molecule has 0 aliphatic rings. The van der Waals surface area contributed by atoms with Crippen LogP contribution in [0.1, 0.15) is 5.56 Å². The molecule has 4 N–H and O–H groups in total. The SMILES string of the molecule is NC(=S)c1cnc(-c2ccccc2)nc1N. The lowest BCUT2D eigenvalue weighted by Gasteiger charge is -2.04. The van der Waals surface area contributed by atoms with Gasteiger partial charge in [0.1, 0.15) is 10.8 Å². The first-order chi connectivity index (χ1) is 7.68. The van der Waals surface area contributed by atoms with Gasteiger partial charge in [0.15, 0.2) is 5.82 Å². The Morgan fingerprint density at radius 3 is 2.44 bits per heavy atom. The Hall–Kier alpha value is -2.01. The van der Waals surface area contributed by atoms with Crippen LogP contribution >= 0.6 is 12.2 Å². The fourth-order valence-electron chi connectivity index (χ4n) is 1.31. The third-order valence-electron chi connectivity index (χ3n) is 2.12. The highest BCUT2D eigenvalue weighted by molar-refractivity contribution is 7.80. The Labute approximate surface area is 98.3 Å². The van der Waals surface area contributed by atoms with Crippen LogP contribution in [0.25, 0.3) is 11.4 Å². The van der Waals surface area contributed by atoms with E-state index in [0.29, 0.717) is 17.2 Å². The van der Waals surface area contributed by atoms with Crippen molar-refractivity contribution in [3.8, 4) is 11.4 Å². The molecule has 16 heavy (non-hydrogen) atoms. The summed E-state index contributed by atoms with van der Waals surface area (Å²) in [5, 5.41) is 0. The molecule has 0 unspecified atom stereocenters. The van der Waals surface area contributed by atoms with Crippen molar-refractivity contribution in [1.82, 2.24) is 9.97 Å². The van der Waals surface area contributed by atoms with Gasteiger partial charge in [0.25, 0.3) is 0 Å². The van der Waals surface area contributed by atoms with Gasteiger partial charge in [-0.05, 0) is 0 Å². The summed E-state index contributed by atoms with van der Waals surface area (Å²) < 4.78 is 0. The maximum atomic E-state index is 5.74. The molecule has 0 saturated heterocycles. The molecule has 5 heteroatoms. The molecule has 1 aromatic carbocycles. The van der Waals surface area contributed by atoms with Crippen molar-refractivity contribution in [1.29, 1.82) is 0 Å². The van der Waals surface area contributed by atoms with Crippen molar-refractivity contribution in [2.75, 3.05) is 5.73 Å². The van der Waals surface area contributed by atoms with Gasteiger partial charge in [0.05, 0.1) is 5.56 Å². The van der Waals surface area contributed by atoms with Crippen molar-refractivity contribution < 1.29 is 0 Å². The Morgan fingerprint density at radius 1 is 1.19 bits per heavy atom. The number of thiocarbonyl (C=S) groups is 1. The normalized spacial score (nSPS) is 10.0. The van der Waals surface area contributed by atoms with Gasteiger partial charge in [-0.3, -0.25) is 0 Å². The van der Waals surface area contributed by atoms with Crippen LogP contribution in [0.2, 0.25) is 0 Å². The third-order valence-corrected chi connectivity index (χ3v) is 2.34. The molecule has 80 valence electrons. The molecule has 0 aliphatic heterocycles. The quantitative estimate of drug-likeness (QED) is 0.762. The zero-order chi connectivity index (χ0) is 11.5. The minimum atomic E-state index is 0.206. The number of nitrogen functional groups attached to an aromatic ring is 1. The first-order valence-electron chi connectivity index (χ1n) is 4.66. The first-order valence-corrected chi connectivity index (χ1v) is 5.07. The molecule has 0 aliphatic carbocycles.